The molecule has 124 valence electrons. The maximum Gasteiger partial charge on any atom is 0.337 e. The zero-order chi connectivity index (χ0) is 16.6. The SMILES string of the molecule is COC(=O)c1cc(C(C)C)c2nc(N3CCNC[C@H]3C)sc2c1. The number of benzene rings is 1. The molecule has 2 aromatic rings. The van der Waals surface area contributed by atoms with Crippen molar-refractivity contribution < 1.29 is 9.53 Å². The molecule has 1 fully saturated rings. The van der Waals surface area contributed by atoms with Gasteiger partial charge in [-0.15, -0.1) is 0 Å². The normalized spacial score (nSPS) is 18.7. The van der Waals surface area contributed by atoms with Gasteiger partial charge in [-0.05, 0) is 30.5 Å². The molecule has 0 spiro atoms. The zero-order valence-corrected chi connectivity index (χ0v) is 14.9. The van der Waals surface area contributed by atoms with Gasteiger partial charge in [0.25, 0.3) is 0 Å². The van der Waals surface area contributed by atoms with Crippen molar-refractivity contribution in [2.45, 2.75) is 32.7 Å². The van der Waals surface area contributed by atoms with E-state index in [9.17, 15) is 4.79 Å². The van der Waals surface area contributed by atoms with E-state index in [1.165, 1.54) is 7.11 Å². The minimum atomic E-state index is -0.292. The van der Waals surface area contributed by atoms with Crippen molar-refractivity contribution in [3.8, 4) is 0 Å². The van der Waals surface area contributed by atoms with E-state index in [0.717, 1.165) is 40.5 Å². The van der Waals surface area contributed by atoms with Crippen molar-refractivity contribution in [1.82, 2.24) is 10.3 Å². The Kier molecular flexibility index (Phi) is 4.55. The van der Waals surface area contributed by atoms with Crippen molar-refractivity contribution in [3.05, 3.63) is 23.3 Å². The Bertz CT molecular complexity index is 726. The molecule has 0 radical (unpaired) electrons. The van der Waals surface area contributed by atoms with Gasteiger partial charge >= 0.3 is 5.97 Å². The van der Waals surface area contributed by atoms with Gasteiger partial charge in [0, 0.05) is 25.7 Å². The summed E-state index contributed by atoms with van der Waals surface area (Å²) >= 11 is 1.66. The predicted molar refractivity (Wildman–Crippen MR) is 94.7 cm³/mol. The number of hydrogen-bond acceptors (Lipinski definition) is 6. The molecule has 0 amide bonds. The molecule has 0 saturated carbocycles. The summed E-state index contributed by atoms with van der Waals surface area (Å²) in [6.07, 6.45) is 0. The number of esters is 1. The third-order valence-electron chi connectivity index (χ3n) is 4.30. The maximum atomic E-state index is 11.9. The monoisotopic (exact) mass is 333 g/mol. The second-order valence-electron chi connectivity index (χ2n) is 6.30. The summed E-state index contributed by atoms with van der Waals surface area (Å²) in [5, 5.41) is 4.44. The number of aromatic nitrogens is 1. The molecule has 6 heteroatoms. The first-order valence-corrected chi connectivity index (χ1v) is 8.83. The number of carbonyl (C=O) groups excluding carboxylic acids is 1. The van der Waals surface area contributed by atoms with Crippen molar-refractivity contribution in [2.24, 2.45) is 0 Å². The number of rotatable bonds is 3. The van der Waals surface area contributed by atoms with E-state index in [0.29, 0.717) is 17.5 Å². The molecular formula is C17H23N3O2S. The van der Waals surface area contributed by atoms with Gasteiger partial charge in [0.15, 0.2) is 5.13 Å². The van der Waals surface area contributed by atoms with Crippen LogP contribution in [0.1, 0.15) is 42.6 Å². The van der Waals surface area contributed by atoms with Gasteiger partial charge in [-0.1, -0.05) is 25.2 Å². The third kappa shape index (κ3) is 3.05. The fraction of sp³-hybridized carbons (Fsp3) is 0.529. The number of nitrogens with one attached hydrogen (secondary N) is 1. The Morgan fingerprint density at radius 2 is 2.26 bits per heavy atom. The van der Waals surface area contributed by atoms with Gasteiger partial charge in [0.1, 0.15) is 0 Å². The highest BCUT2D eigenvalue weighted by Crippen LogP contribution is 2.35. The van der Waals surface area contributed by atoms with Gasteiger partial charge < -0.3 is 15.0 Å². The van der Waals surface area contributed by atoms with Gasteiger partial charge in [0.05, 0.1) is 22.9 Å². The smallest absolute Gasteiger partial charge is 0.337 e. The lowest BCUT2D eigenvalue weighted by Gasteiger charge is -2.33. The van der Waals surface area contributed by atoms with Gasteiger partial charge in [0.2, 0.25) is 0 Å². The molecule has 0 unspecified atom stereocenters. The van der Waals surface area contributed by atoms with E-state index >= 15 is 0 Å². The lowest BCUT2D eigenvalue weighted by molar-refractivity contribution is 0.0601. The minimum Gasteiger partial charge on any atom is -0.465 e. The molecule has 5 nitrogen and oxygen atoms in total. The first-order chi connectivity index (χ1) is 11.0. The van der Waals surface area contributed by atoms with Crippen LogP contribution in [0, 0.1) is 0 Å². The van der Waals surface area contributed by atoms with E-state index in [1.807, 2.05) is 12.1 Å². The molecule has 1 aromatic heterocycles. The molecule has 0 aliphatic carbocycles. The summed E-state index contributed by atoms with van der Waals surface area (Å²) in [4.78, 5) is 19.2. The van der Waals surface area contributed by atoms with Crippen LogP contribution in [-0.4, -0.2) is 43.7 Å². The molecule has 1 atom stereocenters. The van der Waals surface area contributed by atoms with Crippen LogP contribution in [0.15, 0.2) is 12.1 Å². The number of carbonyl (C=O) groups is 1. The van der Waals surface area contributed by atoms with E-state index in [4.69, 9.17) is 9.72 Å². The maximum absolute atomic E-state index is 11.9. The van der Waals surface area contributed by atoms with Crippen LogP contribution in [0.3, 0.4) is 0 Å². The molecule has 23 heavy (non-hydrogen) atoms. The molecule has 1 aromatic carbocycles. The number of nitrogens with zero attached hydrogens (tertiary/aromatic N) is 2. The van der Waals surface area contributed by atoms with Crippen LogP contribution in [0.5, 0.6) is 0 Å². The topological polar surface area (TPSA) is 54.5 Å². The second kappa shape index (κ2) is 6.45. The van der Waals surface area contributed by atoms with Crippen LogP contribution in [0.4, 0.5) is 5.13 Å². The highest BCUT2D eigenvalue weighted by molar-refractivity contribution is 7.22. The molecule has 2 heterocycles. The fourth-order valence-electron chi connectivity index (χ4n) is 2.97. The summed E-state index contributed by atoms with van der Waals surface area (Å²) < 4.78 is 5.94. The fourth-order valence-corrected chi connectivity index (χ4v) is 4.14. The van der Waals surface area contributed by atoms with Crippen LogP contribution in [-0.2, 0) is 4.74 Å². The van der Waals surface area contributed by atoms with Crippen LogP contribution < -0.4 is 10.2 Å². The average Bonchev–Trinajstić information content (AvgIpc) is 2.96. The molecular weight excluding hydrogens is 310 g/mol. The van der Waals surface area contributed by atoms with E-state index < -0.39 is 0 Å². The van der Waals surface area contributed by atoms with Crippen molar-refractivity contribution in [3.63, 3.8) is 0 Å². The Hall–Kier alpha value is -1.66. The van der Waals surface area contributed by atoms with Crippen LogP contribution >= 0.6 is 11.3 Å². The van der Waals surface area contributed by atoms with E-state index in [2.05, 4.69) is 31.0 Å². The van der Waals surface area contributed by atoms with Crippen molar-refractivity contribution >= 4 is 32.7 Å². The summed E-state index contributed by atoms with van der Waals surface area (Å²) in [6, 6.07) is 4.25. The Labute approximate surface area is 140 Å². The Morgan fingerprint density at radius 1 is 1.48 bits per heavy atom. The first kappa shape index (κ1) is 16.2. The van der Waals surface area contributed by atoms with Gasteiger partial charge in [-0.3, -0.25) is 0 Å². The Balaban J connectivity index is 2.10. The number of thiazole rings is 1. The number of piperazine rings is 1. The standard InChI is InChI=1S/C17H23N3O2S/c1-10(2)13-7-12(16(21)22-4)8-14-15(13)19-17(23-14)20-6-5-18-9-11(20)3/h7-8,10-11,18H,5-6,9H2,1-4H3/t11-/m1/s1. The average molecular weight is 333 g/mol. The van der Waals surface area contributed by atoms with Crippen LogP contribution in [0.2, 0.25) is 0 Å². The number of anilines is 1. The molecule has 0 bridgehead atoms. The van der Waals surface area contributed by atoms with Crippen molar-refractivity contribution in [1.29, 1.82) is 0 Å². The van der Waals surface area contributed by atoms with Crippen LogP contribution in [0.25, 0.3) is 10.2 Å². The quantitative estimate of drug-likeness (QED) is 0.875. The largest absolute Gasteiger partial charge is 0.465 e. The molecule has 1 aliphatic rings. The van der Waals surface area contributed by atoms with E-state index in [-0.39, 0.29) is 5.97 Å². The first-order valence-electron chi connectivity index (χ1n) is 8.01. The number of methoxy groups -OCH3 is 1. The summed E-state index contributed by atoms with van der Waals surface area (Å²) in [5.41, 5.74) is 2.72. The highest BCUT2D eigenvalue weighted by atomic mass is 32.1. The Morgan fingerprint density at radius 3 is 2.91 bits per heavy atom. The third-order valence-corrected chi connectivity index (χ3v) is 5.34. The number of fused-ring (bicyclic) bond motifs is 1. The highest BCUT2D eigenvalue weighted by Gasteiger charge is 2.23. The van der Waals surface area contributed by atoms with E-state index in [1.54, 1.807) is 11.3 Å². The lowest BCUT2D eigenvalue weighted by atomic mass is 9.99. The van der Waals surface area contributed by atoms with Gasteiger partial charge in [-0.2, -0.15) is 0 Å². The molecule has 1 aliphatic heterocycles. The minimum absolute atomic E-state index is 0.292. The van der Waals surface area contributed by atoms with Gasteiger partial charge in [-0.25, -0.2) is 9.78 Å². The molecule has 3 rings (SSSR count). The number of ether oxygens (including phenoxy) is 1. The lowest BCUT2D eigenvalue weighted by Crippen LogP contribution is -2.49. The summed E-state index contributed by atoms with van der Waals surface area (Å²) in [6.45, 7) is 9.37. The number of hydrogen-bond donors (Lipinski definition) is 1. The molecule has 1 N–H and O–H groups in total. The summed E-state index contributed by atoms with van der Waals surface area (Å²) in [7, 11) is 1.42. The summed E-state index contributed by atoms with van der Waals surface area (Å²) in [5.74, 6) is 0.0109. The predicted octanol–water partition coefficient (Wildman–Crippen LogP) is 3.00. The second-order valence-corrected chi connectivity index (χ2v) is 7.31. The molecule has 1 saturated heterocycles. The van der Waals surface area contributed by atoms with Crippen molar-refractivity contribution in [2.75, 3.05) is 31.6 Å². The zero-order valence-electron chi connectivity index (χ0n) is 14.0.